The van der Waals surface area contributed by atoms with Crippen LogP contribution in [0.3, 0.4) is 0 Å². The van der Waals surface area contributed by atoms with E-state index in [4.69, 9.17) is 9.47 Å². The first kappa shape index (κ1) is 27.9. The number of hydrogen-bond acceptors (Lipinski definition) is 5. The summed E-state index contributed by atoms with van der Waals surface area (Å²) in [5.41, 5.74) is 2.06. The fraction of sp³-hybridized carbons (Fsp3) is 0.464. The number of nitrogens with one attached hydrogen (secondary N) is 2. The smallest absolute Gasteiger partial charge is 0.408 e. The maximum atomic E-state index is 12.8. The summed E-state index contributed by atoms with van der Waals surface area (Å²) in [7, 11) is 0. The van der Waals surface area contributed by atoms with Gasteiger partial charge in [0.25, 0.3) is 0 Å². The molecule has 190 valence electrons. The van der Waals surface area contributed by atoms with Crippen LogP contribution in [0.1, 0.15) is 75.9 Å². The zero-order chi connectivity index (χ0) is 26.4. The standard InChI is InChI=1S/C28H38N2O5/c1-18-9-13-20(14-10-18)23(29-25(32)34-27(3,4)5)22(17-31)24(21-15-11-19(2)12-16-21)30-26(33)35-28(6,7)8/h9-17,22-24H,1-8H3,(H,29,32)(H,30,33)/t23-,24-/m1/s1. The highest BCUT2D eigenvalue weighted by Gasteiger charge is 2.36. The second kappa shape index (κ2) is 11.4. The van der Waals surface area contributed by atoms with E-state index in [0.29, 0.717) is 11.1 Å². The minimum Gasteiger partial charge on any atom is -0.444 e. The molecule has 0 aliphatic rings. The fourth-order valence-electron chi connectivity index (χ4n) is 3.57. The molecule has 7 heteroatoms. The van der Waals surface area contributed by atoms with Crippen LogP contribution in [0, 0.1) is 19.8 Å². The molecule has 2 amide bonds. The summed E-state index contributed by atoms with van der Waals surface area (Å²) >= 11 is 0. The maximum Gasteiger partial charge on any atom is 0.408 e. The molecular formula is C28H38N2O5. The summed E-state index contributed by atoms with van der Waals surface area (Å²) in [6.45, 7) is 14.5. The summed E-state index contributed by atoms with van der Waals surface area (Å²) in [6.07, 6.45) is -0.561. The highest BCUT2D eigenvalue weighted by Crippen LogP contribution is 2.33. The van der Waals surface area contributed by atoms with E-state index >= 15 is 0 Å². The lowest BCUT2D eigenvalue weighted by Gasteiger charge is -2.33. The van der Waals surface area contributed by atoms with Gasteiger partial charge in [0.15, 0.2) is 0 Å². The Bertz CT molecular complexity index is 922. The Morgan fingerprint density at radius 1 is 0.686 bits per heavy atom. The molecule has 0 saturated heterocycles. The van der Waals surface area contributed by atoms with Crippen LogP contribution in [-0.4, -0.2) is 29.7 Å². The predicted molar refractivity (Wildman–Crippen MR) is 136 cm³/mol. The molecule has 0 spiro atoms. The van der Waals surface area contributed by atoms with E-state index in [1.54, 1.807) is 41.5 Å². The second-order valence-electron chi connectivity index (χ2n) is 10.8. The molecule has 7 nitrogen and oxygen atoms in total. The molecule has 2 atom stereocenters. The first-order valence-electron chi connectivity index (χ1n) is 11.8. The average Bonchev–Trinajstić information content (AvgIpc) is 2.71. The van der Waals surface area contributed by atoms with Crippen LogP contribution < -0.4 is 10.6 Å². The monoisotopic (exact) mass is 482 g/mol. The van der Waals surface area contributed by atoms with E-state index in [-0.39, 0.29) is 0 Å². The van der Waals surface area contributed by atoms with Crippen molar-refractivity contribution in [2.24, 2.45) is 5.92 Å². The molecule has 0 aliphatic carbocycles. The van der Waals surface area contributed by atoms with Crippen molar-refractivity contribution in [1.29, 1.82) is 0 Å². The van der Waals surface area contributed by atoms with Gasteiger partial charge in [0, 0.05) is 0 Å². The number of benzene rings is 2. The number of ether oxygens (including phenoxy) is 2. The molecule has 2 aromatic rings. The van der Waals surface area contributed by atoms with Crippen molar-refractivity contribution in [3.8, 4) is 0 Å². The van der Waals surface area contributed by atoms with E-state index in [1.165, 1.54) is 0 Å². The Labute approximate surface area is 208 Å². The van der Waals surface area contributed by atoms with E-state index in [0.717, 1.165) is 17.4 Å². The van der Waals surface area contributed by atoms with Gasteiger partial charge in [-0.2, -0.15) is 0 Å². The average molecular weight is 483 g/mol. The molecule has 35 heavy (non-hydrogen) atoms. The van der Waals surface area contributed by atoms with Crippen LogP contribution in [-0.2, 0) is 14.3 Å². The molecule has 2 N–H and O–H groups in total. The normalized spacial score (nSPS) is 13.5. The number of hydrogen-bond donors (Lipinski definition) is 2. The lowest BCUT2D eigenvalue weighted by Crippen LogP contribution is -2.44. The number of aryl methyl sites for hydroxylation is 2. The summed E-state index contributed by atoms with van der Waals surface area (Å²) in [5, 5.41) is 5.72. The highest BCUT2D eigenvalue weighted by atomic mass is 16.6. The van der Waals surface area contributed by atoms with E-state index in [1.807, 2.05) is 62.4 Å². The Morgan fingerprint density at radius 3 is 1.26 bits per heavy atom. The quantitative estimate of drug-likeness (QED) is 0.476. The van der Waals surface area contributed by atoms with Crippen LogP contribution in [0.2, 0.25) is 0 Å². The number of carbonyl (C=O) groups excluding carboxylic acids is 3. The van der Waals surface area contributed by atoms with E-state index < -0.39 is 41.4 Å². The third-order valence-corrected chi connectivity index (χ3v) is 5.14. The summed E-state index contributed by atoms with van der Waals surface area (Å²) in [6, 6.07) is 13.5. The molecule has 0 unspecified atom stereocenters. The molecule has 0 aliphatic heterocycles. The van der Waals surface area contributed by atoms with Crippen molar-refractivity contribution < 1.29 is 23.9 Å². The van der Waals surface area contributed by atoms with Gasteiger partial charge in [-0.1, -0.05) is 59.7 Å². The van der Waals surface area contributed by atoms with Crippen LogP contribution in [0.5, 0.6) is 0 Å². The first-order chi connectivity index (χ1) is 16.2. The van der Waals surface area contributed by atoms with E-state index in [9.17, 15) is 14.4 Å². The first-order valence-corrected chi connectivity index (χ1v) is 11.8. The van der Waals surface area contributed by atoms with Gasteiger partial charge in [-0.05, 0) is 66.5 Å². The van der Waals surface area contributed by atoms with Gasteiger partial charge in [0.05, 0.1) is 18.0 Å². The minimum atomic E-state index is -0.861. The topological polar surface area (TPSA) is 93.7 Å². The largest absolute Gasteiger partial charge is 0.444 e. The third kappa shape index (κ3) is 9.08. The molecule has 0 saturated carbocycles. The lowest BCUT2D eigenvalue weighted by molar-refractivity contribution is -0.112. The summed E-state index contributed by atoms with van der Waals surface area (Å²) < 4.78 is 11.0. The van der Waals surface area contributed by atoms with Gasteiger partial charge in [-0.3, -0.25) is 0 Å². The minimum absolute atomic E-state index is 0.658. The molecule has 0 bridgehead atoms. The highest BCUT2D eigenvalue weighted by molar-refractivity contribution is 5.72. The van der Waals surface area contributed by atoms with Gasteiger partial charge < -0.3 is 24.9 Å². The summed E-state index contributed by atoms with van der Waals surface area (Å²) in [4.78, 5) is 38.2. The zero-order valence-electron chi connectivity index (χ0n) is 22.0. The number of aldehydes is 1. The molecule has 0 radical (unpaired) electrons. The van der Waals surface area contributed by atoms with Crippen molar-refractivity contribution in [3.05, 3.63) is 70.8 Å². The van der Waals surface area contributed by atoms with Gasteiger partial charge in [0.2, 0.25) is 0 Å². The fourth-order valence-corrected chi connectivity index (χ4v) is 3.57. The molecule has 2 aromatic carbocycles. The second-order valence-corrected chi connectivity index (χ2v) is 10.8. The van der Waals surface area contributed by atoms with Crippen LogP contribution in [0.4, 0.5) is 9.59 Å². The van der Waals surface area contributed by atoms with Crippen LogP contribution >= 0.6 is 0 Å². The zero-order valence-corrected chi connectivity index (χ0v) is 22.0. The van der Waals surface area contributed by atoms with Crippen LogP contribution in [0.15, 0.2) is 48.5 Å². The number of carbonyl (C=O) groups is 3. The predicted octanol–water partition coefficient (Wildman–Crippen LogP) is 5.95. The van der Waals surface area contributed by atoms with Crippen molar-refractivity contribution >= 4 is 18.5 Å². The number of alkyl carbamates (subject to hydrolysis) is 2. The summed E-state index contributed by atoms with van der Waals surface area (Å²) in [5.74, 6) is -0.861. The van der Waals surface area contributed by atoms with Gasteiger partial charge in [0.1, 0.15) is 17.5 Å². The Kier molecular flexibility index (Phi) is 9.07. The Hall–Kier alpha value is -3.35. The van der Waals surface area contributed by atoms with Crippen molar-refractivity contribution in [2.45, 2.75) is 78.7 Å². The molecule has 0 heterocycles. The Balaban J connectivity index is 2.53. The van der Waals surface area contributed by atoms with Crippen molar-refractivity contribution in [1.82, 2.24) is 10.6 Å². The van der Waals surface area contributed by atoms with Crippen LogP contribution in [0.25, 0.3) is 0 Å². The number of rotatable bonds is 7. The van der Waals surface area contributed by atoms with E-state index in [2.05, 4.69) is 10.6 Å². The number of amides is 2. The molecular weight excluding hydrogens is 444 g/mol. The van der Waals surface area contributed by atoms with Gasteiger partial charge >= 0.3 is 12.2 Å². The van der Waals surface area contributed by atoms with Gasteiger partial charge in [-0.25, -0.2) is 9.59 Å². The van der Waals surface area contributed by atoms with Crippen molar-refractivity contribution in [2.75, 3.05) is 0 Å². The molecule has 0 aromatic heterocycles. The lowest BCUT2D eigenvalue weighted by atomic mass is 9.84. The van der Waals surface area contributed by atoms with Crippen molar-refractivity contribution in [3.63, 3.8) is 0 Å². The molecule has 2 rings (SSSR count). The van der Waals surface area contributed by atoms with Gasteiger partial charge in [-0.15, -0.1) is 0 Å². The third-order valence-electron chi connectivity index (χ3n) is 5.14. The SMILES string of the molecule is Cc1ccc([C@@H](NC(=O)OC(C)(C)C)C(C=O)[C@H](NC(=O)OC(C)(C)C)c2ccc(C)cc2)cc1. The maximum absolute atomic E-state index is 12.8. The Morgan fingerprint density at radius 2 is 1.00 bits per heavy atom. The molecule has 0 fully saturated rings.